The van der Waals surface area contributed by atoms with E-state index < -0.39 is 24.1 Å². The molecule has 0 saturated heterocycles. The minimum Gasteiger partial charge on any atom is -0.481 e. The third-order valence-corrected chi connectivity index (χ3v) is 3.77. The van der Waals surface area contributed by atoms with Crippen LogP contribution in [0.5, 0.6) is 0 Å². The number of hydrogen-bond acceptors (Lipinski definition) is 4. The highest BCUT2D eigenvalue weighted by molar-refractivity contribution is 5.71. The number of ether oxygens (including phenoxy) is 1. The van der Waals surface area contributed by atoms with E-state index in [1.54, 1.807) is 0 Å². The Morgan fingerprint density at radius 1 is 1.04 bits per heavy atom. The van der Waals surface area contributed by atoms with Gasteiger partial charge in [-0.05, 0) is 12.8 Å². The fourth-order valence-corrected chi connectivity index (χ4v) is 2.61. The first-order chi connectivity index (χ1) is 11.1. The number of likely N-dealkylation sites (N-methyl/N-ethyl adjacent to an activating group) is 1. The predicted octanol–water partition coefficient (Wildman–Crippen LogP) is 2.58. The Hall–Kier alpha value is -1.14. The van der Waals surface area contributed by atoms with E-state index in [4.69, 9.17) is 9.84 Å². The summed E-state index contributed by atoms with van der Waals surface area (Å²) in [5, 5.41) is 18.8. The topological polar surface area (TPSA) is 83.8 Å². The molecule has 0 fully saturated rings. The molecule has 142 valence electrons. The molecule has 2 N–H and O–H groups in total. The van der Waals surface area contributed by atoms with Gasteiger partial charge in [-0.25, -0.2) is 0 Å². The summed E-state index contributed by atoms with van der Waals surface area (Å²) in [5.74, 6) is -1.41. The van der Waals surface area contributed by atoms with Crippen LogP contribution in [0.1, 0.15) is 64.7 Å². The smallest absolute Gasteiger partial charge is 0.307 e. The number of hydrogen-bond donors (Lipinski definition) is 2. The monoisotopic (exact) mass is 346 g/mol. The first-order valence-electron chi connectivity index (χ1n) is 9.03. The van der Waals surface area contributed by atoms with Crippen molar-refractivity contribution in [3.05, 3.63) is 0 Å². The molecule has 6 heteroatoms. The molecule has 2 unspecified atom stereocenters. The second-order valence-electron chi connectivity index (χ2n) is 7.58. The van der Waals surface area contributed by atoms with Crippen molar-refractivity contribution in [2.45, 2.75) is 76.9 Å². The summed E-state index contributed by atoms with van der Waals surface area (Å²) in [6, 6.07) is 0. The van der Waals surface area contributed by atoms with Crippen molar-refractivity contribution in [1.29, 1.82) is 0 Å². The Bertz CT molecular complexity index is 365. The molecule has 0 rings (SSSR count). The molecule has 24 heavy (non-hydrogen) atoms. The van der Waals surface area contributed by atoms with Gasteiger partial charge >= 0.3 is 11.9 Å². The van der Waals surface area contributed by atoms with Gasteiger partial charge in [0.25, 0.3) is 0 Å². The van der Waals surface area contributed by atoms with Crippen molar-refractivity contribution in [3.8, 4) is 0 Å². The molecule has 0 heterocycles. The van der Waals surface area contributed by atoms with Gasteiger partial charge in [-0.15, -0.1) is 0 Å². The maximum atomic E-state index is 11.9. The SMILES string of the molecule is CCCCCCCC(O)CCC(=O)OC(CC(=O)O)C[N+](C)(C)C. The Morgan fingerprint density at radius 2 is 1.67 bits per heavy atom. The first kappa shape index (κ1) is 22.9. The van der Waals surface area contributed by atoms with E-state index in [1.165, 1.54) is 19.3 Å². The van der Waals surface area contributed by atoms with Crippen LogP contribution >= 0.6 is 0 Å². The molecule has 0 aromatic heterocycles. The van der Waals surface area contributed by atoms with E-state index in [1.807, 2.05) is 21.1 Å². The molecule has 0 aromatic rings. The summed E-state index contributed by atoms with van der Waals surface area (Å²) in [5.41, 5.74) is 0. The standard InChI is InChI=1S/C18H35NO5/c1-5-6-7-8-9-10-15(20)11-12-18(23)24-16(13-17(21)22)14-19(2,3)4/h15-16,20H,5-14H2,1-4H3/p+1. The number of carboxylic acid groups (broad SMARTS) is 1. The fourth-order valence-electron chi connectivity index (χ4n) is 2.61. The van der Waals surface area contributed by atoms with Crippen molar-refractivity contribution in [3.63, 3.8) is 0 Å². The van der Waals surface area contributed by atoms with Crippen LogP contribution in [0.3, 0.4) is 0 Å². The van der Waals surface area contributed by atoms with Gasteiger partial charge in [0.1, 0.15) is 6.54 Å². The van der Waals surface area contributed by atoms with E-state index in [0.29, 0.717) is 23.9 Å². The average molecular weight is 346 g/mol. The molecule has 0 saturated carbocycles. The molecular weight excluding hydrogens is 310 g/mol. The largest absolute Gasteiger partial charge is 0.481 e. The molecule has 0 aliphatic heterocycles. The molecule has 0 aliphatic rings. The molecule has 0 amide bonds. The molecule has 0 radical (unpaired) electrons. The minimum atomic E-state index is -0.978. The van der Waals surface area contributed by atoms with Crippen molar-refractivity contribution in [1.82, 2.24) is 0 Å². The van der Waals surface area contributed by atoms with Crippen molar-refractivity contribution in [2.75, 3.05) is 27.7 Å². The highest BCUT2D eigenvalue weighted by Crippen LogP contribution is 2.12. The van der Waals surface area contributed by atoms with Gasteiger partial charge < -0.3 is 19.4 Å². The average Bonchev–Trinajstić information content (AvgIpc) is 2.42. The van der Waals surface area contributed by atoms with Gasteiger partial charge in [-0.3, -0.25) is 9.59 Å². The lowest BCUT2D eigenvalue weighted by Crippen LogP contribution is -2.43. The molecule has 6 nitrogen and oxygen atoms in total. The van der Waals surface area contributed by atoms with Gasteiger partial charge in [0, 0.05) is 6.42 Å². The van der Waals surface area contributed by atoms with E-state index in [2.05, 4.69) is 6.92 Å². The number of unbranched alkanes of at least 4 members (excludes halogenated alkanes) is 4. The zero-order chi connectivity index (χ0) is 18.6. The van der Waals surface area contributed by atoms with E-state index in [0.717, 1.165) is 12.8 Å². The quantitative estimate of drug-likeness (QED) is 0.287. The first-order valence-corrected chi connectivity index (χ1v) is 9.03. The van der Waals surface area contributed by atoms with Crippen LogP contribution in [0.2, 0.25) is 0 Å². The molecule has 0 spiro atoms. The fraction of sp³-hybridized carbons (Fsp3) is 0.889. The van der Waals surface area contributed by atoms with E-state index >= 15 is 0 Å². The summed E-state index contributed by atoms with van der Waals surface area (Å²) in [4.78, 5) is 22.8. The Labute approximate surface area is 146 Å². The number of quaternary nitrogens is 1. The number of nitrogens with zero attached hydrogens (tertiary/aromatic N) is 1. The Morgan fingerprint density at radius 3 is 2.21 bits per heavy atom. The number of carboxylic acids is 1. The number of esters is 1. The second kappa shape index (κ2) is 12.3. The zero-order valence-corrected chi connectivity index (χ0v) is 15.8. The zero-order valence-electron chi connectivity index (χ0n) is 15.8. The normalized spacial score (nSPS) is 14.2. The predicted molar refractivity (Wildman–Crippen MR) is 93.6 cm³/mol. The number of aliphatic carboxylic acids is 1. The van der Waals surface area contributed by atoms with Crippen LogP contribution in [0, 0.1) is 0 Å². The third kappa shape index (κ3) is 14.5. The summed E-state index contributed by atoms with van der Waals surface area (Å²) in [7, 11) is 5.76. The number of carbonyl (C=O) groups excluding carboxylic acids is 1. The second-order valence-corrected chi connectivity index (χ2v) is 7.58. The highest BCUT2D eigenvalue weighted by Gasteiger charge is 2.24. The molecular formula is C18H36NO5+. The van der Waals surface area contributed by atoms with Crippen LogP contribution in [-0.4, -0.2) is 66.5 Å². The number of aliphatic hydroxyl groups excluding tert-OH is 1. The van der Waals surface area contributed by atoms with Crippen molar-refractivity contribution in [2.24, 2.45) is 0 Å². The van der Waals surface area contributed by atoms with Crippen molar-refractivity contribution < 1.29 is 29.0 Å². The number of rotatable bonds is 14. The molecule has 0 bridgehead atoms. The lowest BCUT2D eigenvalue weighted by atomic mass is 10.0. The maximum absolute atomic E-state index is 11.9. The Kier molecular flexibility index (Phi) is 11.7. The van der Waals surface area contributed by atoms with Crippen LogP contribution < -0.4 is 0 Å². The summed E-state index contributed by atoms with van der Waals surface area (Å²) in [6.45, 7) is 2.61. The molecule has 0 aromatic carbocycles. The maximum Gasteiger partial charge on any atom is 0.307 e. The number of aliphatic hydroxyl groups is 1. The van der Waals surface area contributed by atoms with Gasteiger partial charge in [0.05, 0.1) is 33.7 Å². The van der Waals surface area contributed by atoms with Crippen LogP contribution in [-0.2, 0) is 14.3 Å². The van der Waals surface area contributed by atoms with Gasteiger partial charge in [0.2, 0.25) is 0 Å². The van der Waals surface area contributed by atoms with Crippen molar-refractivity contribution >= 4 is 11.9 Å². The highest BCUT2D eigenvalue weighted by atomic mass is 16.5. The van der Waals surface area contributed by atoms with Crippen LogP contribution in [0.4, 0.5) is 0 Å². The summed E-state index contributed by atoms with van der Waals surface area (Å²) >= 11 is 0. The minimum absolute atomic E-state index is 0.128. The lowest BCUT2D eigenvalue weighted by Gasteiger charge is -2.28. The molecule has 2 atom stereocenters. The van der Waals surface area contributed by atoms with E-state index in [9.17, 15) is 14.7 Å². The van der Waals surface area contributed by atoms with Crippen LogP contribution in [0.25, 0.3) is 0 Å². The van der Waals surface area contributed by atoms with Gasteiger partial charge in [-0.1, -0.05) is 39.0 Å². The molecule has 0 aliphatic carbocycles. The Balaban J connectivity index is 4.07. The lowest BCUT2D eigenvalue weighted by molar-refractivity contribution is -0.873. The van der Waals surface area contributed by atoms with E-state index in [-0.39, 0.29) is 12.8 Å². The number of carbonyl (C=O) groups is 2. The van der Waals surface area contributed by atoms with Gasteiger partial charge in [0.15, 0.2) is 6.10 Å². The third-order valence-electron chi connectivity index (χ3n) is 3.77. The summed E-state index contributed by atoms with van der Waals surface area (Å²) < 4.78 is 5.82. The van der Waals surface area contributed by atoms with Crippen LogP contribution in [0.15, 0.2) is 0 Å². The summed E-state index contributed by atoms with van der Waals surface area (Å²) in [6.07, 6.45) is 5.57. The van der Waals surface area contributed by atoms with Gasteiger partial charge in [-0.2, -0.15) is 0 Å².